The van der Waals surface area contributed by atoms with Crippen LogP contribution >= 0.6 is 0 Å². The van der Waals surface area contributed by atoms with Crippen molar-refractivity contribution < 1.29 is 14.0 Å². The molecule has 6 heteroatoms. The van der Waals surface area contributed by atoms with Gasteiger partial charge in [-0.2, -0.15) is 0 Å². The number of hydrogen-bond donors (Lipinski definition) is 3. The summed E-state index contributed by atoms with van der Waals surface area (Å²) in [5, 5.41) is 8.50. The van der Waals surface area contributed by atoms with E-state index in [9.17, 15) is 9.59 Å². The van der Waals surface area contributed by atoms with E-state index < -0.39 is 12.1 Å². The predicted molar refractivity (Wildman–Crippen MR) is 75.9 cm³/mol. The van der Waals surface area contributed by atoms with Gasteiger partial charge in [-0.3, -0.25) is 14.9 Å². The van der Waals surface area contributed by atoms with Crippen LogP contribution in [0.15, 0.2) is 22.8 Å². The largest absolute Gasteiger partial charge is 0.467 e. The van der Waals surface area contributed by atoms with E-state index in [1.54, 1.807) is 32.2 Å². The molecule has 0 saturated heterocycles. The van der Waals surface area contributed by atoms with Gasteiger partial charge in [0.05, 0.1) is 24.9 Å². The summed E-state index contributed by atoms with van der Waals surface area (Å²) in [6.07, 6.45) is 1.56. The molecule has 20 heavy (non-hydrogen) atoms. The molecule has 0 spiro atoms. The Labute approximate surface area is 119 Å². The van der Waals surface area contributed by atoms with Crippen LogP contribution in [-0.4, -0.2) is 29.9 Å². The summed E-state index contributed by atoms with van der Waals surface area (Å²) in [6, 6.07) is 2.74. The summed E-state index contributed by atoms with van der Waals surface area (Å²) in [4.78, 5) is 23.6. The van der Waals surface area contributed by atoms with Gasteiger partial charge in [-0.05, 0) is 39.8 Å². The average Bonchev–Trinajstić information content (AvgIpc) is 2.87. The monoisotopic (exact) mass is 281 g/mol. The minimum Gasteiger partial charge on any atom is -0.467 e. The van der Waals surface area contributed by atoms with Gasteiger partial charge in [0, 0.05) is 6.04 Å². The third-order valence-electron chi connectivity index (χ3n) is 2.73. The quantitative estimate of drug-likeness (QED) is 0.690. The maximum atomic E-state index is 11.9. The highest BCUT2D eigenvalue weighted by Crippen LogP contribution is 1.99. The van der Waals surface area contributed by atoms with Gasteiger partial charge in [-0.25, -0.2) is 0 Å². The summed E-state index contributed by atoms with van der Waals surface area (Å²) < 4.78 is 5.13. The predicted octanol–water partition coefficient (Wildman–Crippen LogP) is 0.787. The Kier molecular flexibility index (Phi) is 6.24. The molecule has 3 N–H and O–H groups in total. The second kappa shape index (κ2) is 7.69. The van der Waals surface area contributed by atoms with Crippen LogP contribution in [-0.2, 0) is 16.1 Å². The van der Waals surface area contributed by atoms with Gasteiger partial charge in [0.1, 0.15) is 5.76 Å². The van der Waals surface area contributed by atoms with Crippen molar-refractivity contribution in [2.75, 3.05) is 0 Å². The minimum atomic E-state index is -0.460. The van der Waals surface area contributed by atoms with Crippen LogP contribution < -0.4 is 16.0 Å². The van der Waals surface area contributed by atoms with Gasteiger partial charge in [0.2, 0.25) is 11.8 Å². The van der Waals surface area contributed by atoms with Crippen molar-refractivity contribution in [3.05, 3.63) is 24.2 Å². The molecule has 0 bridgehead atoms. The fourth-order valence-corrected chi connectivity index (χ4v) is 1.68. The van der Waals surface area contributed by atoms with Crippen molar-refractivity contribution in [3.63, 3.8) is 0 Å². The summed E-state index contributed by atoms with van der Waals surface area (Å²) >= 11 is 0. The highest BCUT2D eigenvalue weighted by molar-refractivity contribution is 5.84. The highest BCUT2D eigenvalue weighted by atomic mass is 16.3. The summed E-state index contributed by atoms with van der Waals surface area (Å²) in [6.45, 7) is 7.57. The first-order chi connectivity index (χ1) is 9.40. The Bertz CT molecular complexity index is 429. The molecule has 2 amide bonds. The van der Waals surface area contributed by atoms with Crippen LogP contribution in [0.1, 0.15) is 33.5 Å². The molecule has 6 nitrogen and oxygen atoms in total. The highest BCUT2D eigenvalue weighted by Gasteiger charge is 2.20. The number of rotatable bonds is 7. The Morgan fingerprint density at radius 1 is 1.15 bits per heavy atom. The lowest BCUT2D eigenvalue weighted by molar-refractivity contribution is -0.125. The lowest BCUT2D eigenvalue weighted by Crippen LogP contribution is -2.51. The third kappa shape index (κ3) is 5.44. The molecular formula is C14H23N3O3. The van der Waals surface area contributed by atoms with Crippen LogP contribution in [0.3, 0.4) is 0 Å². The van der Waals surface area contributed by atoms with E-state index in [0.29, 0.717) is 12.3 Å². The zero-order chi connectivity index (χ0) is 15.1. The molecule has 0 aliphatic heterocycles. The molecule has 0 aliphatic rings. The van der Waals surface area contributed by atoms with Gasteiger partial charge in [0.25, 0.3) is 0 Å². The minimum absolute atomic E-state index is 0.0786. The van der Waals surface area contributed by atoms with Crippen molar-refractivity contribution in [1.82, 2.24) is 16.0 Å². The molecule has 0 fully saturated rings. The first kappa shape index (κ1) is 16.2. The SMILES string of the molecule is CC(C)NC(=O)C(C)NC(C)C(=O)NCc1ccco1. The Balaban J connectivity index is 2.35. The van der Waals surface area contributed by atoms with E-state index >= 15 is 0 Å². The molecule has 1 rings (SSSR count). The van der Waals surface area contributed by atoms with Crippen molar-refractivity contribution in [2.24, 2.45) is 0 Å². The van der Waals surface area contributed by atoms with E-state index in [-0.39, 0.29) is 17.9 Å². The molecule has 0 radical (unpaired) electrons. The van der Waals surface area contributed by atoms with Crippen molar-refractivity contribution in [2.45, 2.75) is 52.4 Å². The Morgan fingerprint density at radius 2 is 1.80 bits per heavy atom. The van der Waals surface area contributed by atoms with Crippen molar-refractivity contribution in [1.29, 1.82) is 0 Å². The third-order valence-corrected chi connectivity index (χ3v) is 2.73. The standard InChI is InChI=1S/C14H23N3O3/c1-9(2)16-14(19)11(4)17-10(3)13(18)15-8-12-6-5-7-20-12/h5-7,9-11,17H,8H2,1-4H3,(H,15,18)(H,16,19). The van der Waals surface area contributed by atoms with Gasteiger partial charge in [-0.15, -0.1) is 0 Å². The molecular weight excluding hydrogens is 258 g/mol. The number of carbonyl (C=O) groups is 2. The van der Waals surface area contributed by atoms with Crippen LogP contribution in [0.2, 0.25) is 0 Å². The molecule has 0 aromatic carbocycles. The molecule has 2 atom stereocenters. The van der Waals surface area contributed by atoms with E-state index in [4.69, 9.17) is 4.42 Å². The summed E-state index contributed by atoms with van der Waals surface area (Å²) in [7, 11) is 0. The van der Waals surface area contributed by atoms with Crippen LogP contribution in [0, 0.1) is 0 Å². The van der Waals surface area contributed by atoms with Gasteiger partial charge in [0.15, 0.2) is 0 Å². The number of furan rings is 1. The summed E-state index contributed by atoms with van der Waals surface area (Å²) in [5.41, 5.74) is 0. The second-order valence-corrected chi connectivity index (χ2v) is 5.07. The molecule has 0 saturated carbocycles. The van der Waals surface area contributed by atoms with Crippen molar-refractivity contribution in [3.8, 4) is 0 Å². The maximum Gasteiger partial charge on any atom is 0.237 e. The van der Waals surface area contributed by atoms with Crippen molar-refractivity contribution >= 4 is 11.8 Å². The van der Waals surface area contributed by atoms with Crippen LogP contribution in [0.5, 0.6) is 0 Å². The number of nitrogens with one attached hydrogen (secondary N) is 3. The molecule has 112 valence electrons. The normalized spacial score (nSPS) is 13.8. The molecule has 2 unspecified atom stereocenters. The fourth-order valence-electron chi connectivity index (χ4n) is 1.68. The first-order valence-corrected chi connectivity index (χ1v) is 6.76. The average molecular weight is 281 g/mol. The van der Waals surface area contributed by atoms with E-state index in [2.05, 4.69) is 16.0 Å². The van der Waals surface area contributed by atoms with Gasteiger partial charge in [-0.1, -0.05) is 0 Å². The van der Waals surface area contributed by atoms with E-state index in [1.165, 1.54) is 0 Å². The zero-order valence-corrected chi connectivity index (χ0v) is 12.4. The molecule has 0 aliphatic carbocycles. The number of amides is 2. The Morgan fingerprint density at radius 3 is 2.35 bits per heavy atom. The smallest absolute Gasteiger partial charge is 0.237 e. The lowest BCUT2D eigenvalue weighted by Gasteiger charge is -2.20. The summed E-state index contributed by atoms with van der Waals surface area (Å²) in [5.74, 6) is 0.396. The van der Waals surface area contributed by atoms with E-state index in [1.807, 2.05) is 13.8 Å². The first-order valence-electron chi connectivity index (χ1n) is 6.76. The lowest BCUT2D eigenvalue weighted by atomic mass is 10.2. The van der Waals surface area contributed by atoms with Crippen LogP contribution in [0.25, 0.3) is 0 Å². The zero-order valence-electron chi connectivity index (χ0n) is 12.4. The molecule has 1 aromatic rings. The van der Waals surface area contributed by atoms with Crippen LogP contribution in [0.4, 0.5) is 0 Å². The van der Waals surface area contributed by atoms with E-state index in [0.717, 1.165) is 0 Å². The Hall–Kier alpha value is -1.82. The maximum absolute atomic E-state index is 11.9. The van der Waals surface area contributed by atoms with Gasteiger partial charge < -0.3 is 15.1 Å². The van der Waals surface area contributed by atoms with Gasteiger partial charge >= 0.3 is 0 Å². The molecule has 1 heterocycles. The number of hydrogen-bond acceptors (Lipinski definition) is 4. The molecule has 1 aromatic heterocycles. The fraction of sp³-hybridized carbons (Fsp3) is 0.571. The number of carbonyl (C=O) groups excluding carboxylic acids is 2. The second-order valence-electron chi connectivity index (χ2n) is 5.07. The topological polar surface area (TPSA) is 83.4 Å².